The van der Waals surface area contributed by atoms with Crippen molar-refractivity contribution < 1.29 is 19.0 Å². The maximum absolute atomic E-state index is 11.2. The summed E-state index contributed by atoms with van der Waals surface area (Å²) < 4.78 is 16.7. The Morgan fingerprint density at radius 2 is 1.82 bits per heavy atom. The van der Waals surface area contributed by atoms with Gasteiger partial charge in [-0.3, -0.25) is 9.79 Å². The number of benzene rings is 2. The Labute approximate surface area is 213 Å². The fourth-order valence-corrected chi connectivity index (χ4v) is 3.07. The van der Waals surface area contributed by atoms with E-state index >= 15 is 0 Å². The molecule has 1 amide bonds. The SMILES string of the molecule is CCOc1cc(CCCNC(=NC)NCCOc2cccc(NC(C)=O)c2)ccc1OC.I. The van der Waals surface area contributed by atoms with Crippen LogP contribution in [0.3, 0.4) is 0 Å². The van der Waals surface area contributed by atoms with Crippen molar-refractivity contribution in [3.63, 3.8) is 0 Å². The summed E-state index contributed by atoms with van der Waals surface area (Å²) in [6, 6.07) is 13.4. The molecular weight excluding hydrogens is 535 g/mol. The molecule has 0 saturated carbocycles. The van der Waals surface area contributed by atoms with Gasteiger partial charge in [0.1, 0.15) is 12.4 Å². The van der Waals surface area contributed by atoms with E-state index in [1.54, 1.807) is 20.2 Å². The van der Waals surface area contributed by atoms with Gasteiger partial charge in [0.2, 0.25) is 5.91 Å². The van der Waals surface area contributed by atoms with Gasteiger partial charge in [-0.05, 0) is 49.6 Å². The zero-order valence-corrected chi connectivity index (χ0v) is 22.1. The molecule has 0 bridgehead atoms. The summed E-state index contributed by atoms with van der Waals surface area (Å²) in [5.74, 6) is 2.85. The Bertz CT molecular complexity index is 893. The quantitative estimate of drug-likeness (QED) is 0.156. The van der Waals surface area contributed by atoms with Gasteiger partial charge in [0, 0.05) is 32.3 Å². The molecule has 0 fully saturated rings. The number of aliphatic imine (C=N–C) groups is 1. The predicted molar refractivity (Wildman–Crippen MR) is 144 cm³/mol. The van der Waals surface area contributed by atoms with Crippen molar-refractivity contribution in [1.29, 1.82) is 0 Å². The summed E-state index contributed by atoms with van der Waals surface area (Å²) in [6.07, 6.45) is 1.87. The van der Waals surface area contributed by atoms with Gasteiger partial charge in [0.05, 0.1) is 20.3 Å². The monoisotopic (exact) mass is 570 g/mol. The van der Waals surface area contributed by atoms with Crippen LogP contribution in [0.2, 0.25) is 0 Å². The Kier molecular flexibility index (Phi) is 13.7. The molecule has 8 nitrogen and oxygen atoms in total. The number of amides is 1. The lowest BCUT2D eigenvalue weighted by Crippen LogP contribution is -2.39. The van der Waals surface area contributed by atoms with E-state index < -0.39 is 0 Å². The molecule has 3 N–H and O–H groups in total. The molecule has 0 aliphatic heterocycles. The molecule has 0 saturated heterocycles. The predicted octanol–water partition coefficient (Wildman–Crippen LogP) is 3.85. The number of methoxy groups -OCH3 is 1. The van der Waals surface area contributed by atoms with Gasteiger partial charge < -0.3 is 30.2 Å². The van der Waals surface area contributed by atoms with E-state index in [4.69, 9.17) is 14.2 Å². The number of ether oxygens (including phenoxy) is 3. The molecule has 0 aliphatic rings. The molecule has 0 heterocycles. The van der Waals surface area contributed by atoms with Crippen LogP contribution in [0.4, 0.5) is 5.69 Å². The number of nitrogens with one attached hydrogen (secondary N) is 3. The molecule has 0 aromatic heterocycles. The number of carbonyl (C=O) groups is 1. The van der Waals surface area contributed by atoms with E-state index in [1.807, 2.05) is 37.3 Å². The highest BCUT2D eigenvalue weighted by Gasteiger charge is 2.06. The van der Waals surface area contributed by atoms with Gasteiger partial charge in [-0.15, -0.1) is 24.0 Å². The second-order valence-corrected chi connectivity index (χ2v) is 7.01. The number of carbonyl (C=O) groups excluding carboxylic acids is 1. The number of halogens is 1. The third-order valence-electron chi connectivity index (χ3n) is 4.50. The molecule has 0 spiro atoms. The first-order valence-electron chi connectivity index (χ1n) is 10.8. The Hall–Kier alpha value is -2.69. The van der Waals surface area contributed by atoms with Crippen LogP contribution >= 0.6 is 24.0 Å². The van der Waals surface area contributed by atoms with Gasteiger partial charge in [-0.1, -0.05) is 12.1 Å². The number of hydrogen-bond donors (Lipinski definition) is 3. The fraction of sp³-hybridized carbons (Fsp3) is 0.417. The summed E-state index contributed by atoms with van der Waals surface area (Å²) in [6.45, 7) is 5.90. The Morgan fingerprint density at radius 3 is 2.52 bits per heavy atom. The van der Waals surface area contributed by atoms with Crippen LogP contribution < -0.4 is 30.2 Å². The highest BCUT2D eigenvalue weighted by Crippen LogP contribution is 2.28. The maximum Gasteiger partial charge on any atom is 0.221 e. The van der Waals surface area contributed by atoms with Gasteiger partial charge in [0.15, 0.2) is 17.5 Å². The van der Waals surface area contributed by atoms with Gasteiger partial charge in [-0.2, -0.15) is 0 Å². The van der Waals surface area contributed by atoms with Crippen LogP contribution in [0.5, 0.6) is 17.2 Å². The van der Waals surface area contributed by atoms with Gasteiger partial charge in [0.25, 0.3) is 0 Å². The largest absolute Gasteiger partial charge is 0.493 e. The lowest BCUT2D eigenvalue weighted by atomic mass is 10.1. The maximum atomic E-state index is 11.2. The minimum atomic E-state index is -0.111. The van der Waals surface area contributed by atoms with Gasteiger partial charge in [-0.25, -0.2) is 0 Å². The number of rotatable bonds is 12. The number of guanidine groups is 1. The summed E-state index contributed by atoms with van der Waals surface area (Å²) >= 11 is 0. The van der Waals surface area contributed by atoms with Crippen molar-refractivity contribution in [3.05, 3.63) is 48.0 Å². The summed E-state index contributed by atoms with van der Waals surface area (Å²) in [7, 11) is 3.39. The molecule has 0 unspecified atom stereocenters. The van der Waals surface area contributed by atoms with E-state index in [0.717, 1.165) is 36.8 Å². The molecule has 9 heteroatoms. The number of aryl methyl sites for hydroxylation is 1. The van der Waals surface area contributed by atoms with Crippen LogP contribution in [0.15, 0.2) is 47.5 Å². The van der Waals surface area contributed by atoms with E-state index in [2.05, 4.69) is 27.0 Å². The van der Waals surface area contributed by atoms with E-state index in [0.29, 0.717) is 31.2 Å². The van der Waals surface area contributed by atoms with Crippen LogP contribution in [0, 0.1) is 0 Å². The minimum absolute atomic E-state index is 0. The number of nitrogens with zero attached hydrogens (tertiary/aromatic N) is 1. The highest BCUT2D eigenvalue weighted by atomic mass is 127. The molecule has 2 aromatic rings. The topological polar surface area (TPSA) is 93.2 Å². The van der Waals surface area contributed by atoms with Crippen molar-refractivity contribution >= 4 is 41.5 Å². The molecule has 2 rings (SSSR count). The Morgan fingerprint density at radius 1 is 1.03 bits per heavy atom. The van der Waals surface area contributed by atoms with Crippen LogP contribution in [-0.2, 0) is 11.2 Å². The normalized spacial score (nSPS) is 10.6. The second-order valence-electron chi connectivity index (χ2n) is 7.01. The average Bonchev–Trinajstić information content (AvgIpc) is 2.78. The van der Waals surface area contributed by atoms with Crippen LogP contribution in [0.1, 0.15) is 25.8 Å². The standard InChI is InChI=1S/C24H34N4O4.HI/c1-5-31-23-16-19(11-12-22(23)30-4)8-7-13-26-24(25-3)27-14-15-32-21-10-6-9-20(17-21)28-18(2)29;/h6,9-12,16-17H,5,7-8,13-15H2,1-4H3,(H,28,29)(H2,25,26,27);1H. The Balaban J connectivity index is 0.00000544. The van der Waals surface area contributed by atoms with E-state index in [9.17, 15) is 4.79 Å². The zero-order chi connectivity index (χ0) is 23.2. The number of hydrogen-bond acceptors (Lipinski definition) is 5. The lowest BCUT2D eigenvalue weighted by Gasteiger charge is -2.13. The summed E-state index contributed by atoms with van der Waals surface area (Å²) in [5, 5.41) is 9.29. The highest BCUT2D eigenvalue weighted by molar-refractivity contribution is 14.0. The van der Waals surface area contributed by atoms with Crippen molar-refractivity contribution in [2.45, 2.75) is 26.7 Å². The first-order valence-corrected chi connectivity index (χ1v) is 10.8. The molecule has 0 atom stereocenters. The molecule has 33 heavy (non-hydrogen) atoms. The smallest absolute Gasteiger partial charge is 0.221 e. The van der Waals surface area contributed by atoms with Crippen molar-refractivity contribution in [1.82, 2.24) is 10.6 Å². The van der Waals surface area contributed by atoms with Gasteiger partial charge >= 0.3 is 0 Å². The summed E-state index contributed by atoms with van der Waals surface area (Å²) in [5.41, 5.74) is 1.92. The van der Waals surface area contributed by atoms with Crippen molar-refractivity contribution in [3.8, 4) is 17.2 Å². The first-order chi connectivity index (χ1) is 15.5. The molecule has 0 aliphatic carbocycles. The fourth-order valence-electron chi connectivity index (χ4n) is 3.07. The van der Waals surface area contributed by atoms with Crippen molar-refractivity contribution in [2.75, 3.05) is 45.8 Å². The first kappa shape index (κ1) is 28.3. The van der Waals surface area contributed by atoms with Crippen molar-refractivity contribution in [2.24, 2.45) is 4.99 Å². The van der Waals surface area contributed by atoms with Crippen LogP contribution in [0.25, 0.3) is 0 Å². The minimum Gasteiger partial charge on any atom is -0.493 e. The third kappa shape index (κ3) is 10.6. The van der Waals surface area contributed by atoms with E-state index in [-0.39, 0.29) is 29.9 Å². The summed E-state index contributed by atoms with van der Waals surface area (Å²) in [4.78, 5) is 15.4. The van der Waals surface area contributed by atoms with E-state index in [1.165, 1.54) is 12.5 Å². The third-order valence-corrected chi connectivity index (χ3v) is 4.50. The lowest BCUT2D eigenvalue weighted by molar-refractivity contribution is -0.114. The second kappa shape index (κ2) is 16.0. The molecular formula is C24H35IN4O4. The number of anilines is 1. The zero-order valence-electron chi connectivity index (χ0n) is 19.8. The molecule has 2 aromatic carbocycles. The average molecular weight is 570 g/mol. The molecule has 0 radical (unpaired) electrons. The molecule has 182 valence electrons. The van der Waals surface area contributed by atoms with Crippen LogP contribution in [-0.4, -0.2) is 52.3 Å².